The molecular formula is C48H30N2O2. The molecule has 8 aromatic carbocycles. The van der Waals surface area contributed by atoms with Crippen LogP contribution in [0.4, 0.5) is 17.1 Å². The lowest BCUT2D eigenvalue weighted by atomic mass is 9.91. The number of hydrogen-bond donors (Lipinski definition) is 0. The normalized spacial score (nSPS) is 12.3. The zero-order chi connectivity index (χ0) is 34.2. The summed E-state index contributed by atoms with van der Waals surface area (Å²) in [4.78, 5) is 2.35. The molecule has 3 heterocycles. The summed E-state index contributed by atoms with van der Waals surface area (Å²) in [5, 5.41) is 4.70. The molecule has 10 aromatic rings. The van der Waals surface area contributed by atoms with Gasteiger partial charge in [0.05, 0.1) is 28.1 Å². The molecule has 0 aliphatic carbocycles. The van der Waals surface area contributed by atoms with Crippen LogP contribution in [0, 0.1) is 0 Å². The van der Waals surface area contributed by atoms with Gasteiger partial charge in [0.2, 0.25) is 0 Å². The molecule has 0 unspecified atom stereocenters. The van der Waals surface area contributed by atoms with Gasteiger partial charge in [-0.1, -0.05) is 109 Å². The zero-order valence-electron chi connectivity index (χ0n) is 28.0. The second kappa shape index (κ2) is 11.2. The molecule has 4 nitrogen and oxygen atoms in total. The number of fused-ring (bicyclic) bond motifs is 8. The highest BCUT2D eigenvalue weighted by Crippen LogP contribution is 2.53. The Hall–Kier alpha value is -7.04. The molecular weight excluding hydrogens is 637 g/mol. The Morgan fingerprint density at radius 2 is 0.942 bits per heavy atom. The van der Waals surface area contributed by atoms with Gasteiger partial charge in [0.15, 0.2) is 11.5 Å². The van der Waals surface area contributed by atoms with E-state index in [0.717, 1.165) is 78.4 Å². The first-order valence-electron chi connectivity index (χ1n) is 17.6. The van der Waals surface area contributed by atoms with Crippen LogP contribution in [0.2, 0.25) is 0 Å². The highest BCUT2D eigenvalue weighted by atomic mass is 16.5. The molecule has 2 aromatic heterocycles. The summed E-state index contributed by atoms with van der Waals surface area (Å²) in [5.74, 6) is 1.65. The zero-order valence-corrected chi connectivity index (χ0v) is 28.0. The number of anilines is 3. The van der Waals surface area contributed by atoms with Gasteiger partial charge in [0.25, 0.3) is 0 Å². The molecule has 52 heavy (non-hydrogen) atoms. The molecule has 0 saturated carbocycles. The van der Waals surface area contributed by atoms with Crippen LogP contribution in [-0.2, 0) is 0 Å². The molecule has 1 aliphatic rings. The van der Waals surface area contributed by atoms with Crippen molar-refractivity contribution in [3.63, 3.8) is 0 Å². The molecule has 0 N–H and O–H groups in total. The average Bonchev–Trinajstić information content (AvgIpc) is 3.75. The Morgan fingerprint density at radius 3 is 1.67 bits per heavy atom. The smallest absolute Gasteiger partial charge is 0.151 e. The first-order valence-corrected chi connectivity index (χ1v) is 17.6. The maximum absolute atomic E-state index is 6.46. The molecule has 0 fully saturated rings. The summed E-state index contributed by atoms with van der Waals surface area (Å²) in [6.45, 7) is 0. The summed E-state index contributed by atoms with van der Waals surface area (Å²) < 4.78 is 15.1. The minimum atomic E-state index is 0.823. The maximum atomic E-state index is 6.46. The fourth-order valence-corrected chi connectivity index (χ4v) is 8.10. The van der Waals surface area contributed by atoms with Crippen LogP contribution in [-0.4, -0.2) is 4.57 Å². The third kappa shape index (κ3) is 4.28. The van der Waals surface area contributed by atoms with E-state index in [1.165, 1.54) is 21.8 Å². The van der Waals surface area contributed by atoms with E-state index in [0.29, 0.717) is 0 Å². The average molecular weight is 667 g/mol. The van der Waals surface area contributed by atoms with Crippen molar-refractivity contribution >= 4 is 60.8 Å². The Kier molecular flexibility index (Phi) is 6.22. The largest absolute Gasteiger partial charge is 0.456 e. The molecule has 0 saturated heterocycles. The summed E-state index contributed by atoms with van der Waals surface area (Å²) >= 11 is 0. The third-order valence-electron chi connectivity index (χ3n) is 10.4. The van der Waals surface area contributed by atoms with E-state index in [2.05, 4.69) is 155 Å². The Labute approximate surface area is 300 Å². The lowest BCUT2D eigenvalue weighted by molar-refractivity contribution is 0.477. The van der Waals surface area contributed by atoms with Crippen molar-refractivity contribution in [1.82, 2.24) is 4.57 Å². The van der Waals surface area contributed by atoms with E-state index in [1.54, 1.807) is 0 Å². The minimum absolute atomic E-state index is 0.823. The van der Waals surface area contributed by atoms with E-state index in [9.17, 15) is 0 Å². The monoisotopic (exact) mass is 666 g/mol. The number of para-hydroxylation sites is 7. The van der Waals surface area contributed by atoms with Gasteiger partial charge in [-0.2, -0.15) is 0 Å². The number of rotatable bonds is 4. The van der Waals surface area contributed by atoms with Gasteiger partial charge < -0.3 is 18.6 Å². The molecule has 0 amide bonds. The molecule has 4 heteroatoms. The van der Waals surface area contributed by atoms with Gasteiger partial charge in [-0.3, -0.25) is 0 Å². The third-order valence-corrected chi connectivity index (χ3v) is 10.4. The second-order valence-corrected chi connectivity index (χ2v) is 13.3. The second-order valence-electron chi connectivity index (χ2n) is 13.3. The van der Waals surface area contributed by atoms with E-state index < -0.39 is 0 Å². The molecule has 11 rings (SSSR count). The summed E-state index contributed by atoms with van der Waals surface area (Å²) in [7, 11) is 0. The van der Waals surface area contributed by atoms with E-state index >= 15 is 0 Å². The Balaban J connectivity index is 1.21. The fourth-order valence-electron chi connectivity index (χ4n) is 8.10. The van der Waals surface area contributed by atoms with Crippen molar-refractivity contribution in [2.45, 2.75) is 0 Å². The van der Waals surface area contributed by atoms with Gasteiger partial charge in [0, 0.05) is 32.8 Å². The van der Waals surface area contributed by atoms with E-state index in [4.69, 9.17) is 9.15 Å². The number of nitrogens with zero attached hydrogens (tertiary/aromatic N) is 2. The molecule has 0 radical (unpaired) electrons. The fraction of sp³-hybridized carbons (Fsp3) is 0. The van der Waals surface area contributed by atoms with Gasteiger partial charge >= 0.3 is 0 Å². The van der Waals surface area contributed by atoms with Gasteiger partial charge in [0.1, 0.15) is 11.2 Å². The van der Waals surface area contributed by atoms with Gasteiger partial charge in [-0.15, -0.1) is 0 Å². The van der Waals surface area contributed by atoms with Crippen molar-refractivity contribution in [2.24, 2.45) is 0 Å². The first-order chi connectivity index (χ1) is 25.8. The molecule has 0 bridgehead atoms. The van der Waals surface area contributed by atoms with Crippen LogP contribution in [0.25, 0.3) is 71.7 Å². The predicted molar refractivity (Wildman–Crippen MR) is 214 cm³/mol. The lowest BCUT2D eigenvalue weighted by Gasteiger charge is -2.34. The van der Waals surface area contributed by atoms with E-state index in [1.807, 2.05) is 36.4 Å². The van der Waals surface area contributed by atoms with Gasteiger partial charge in [-0.25, -0.2) is 0 Å². The van der Waals surface area contributed by atoms with Crippen LogP contribution in [0.5, 0.6) is 11.5 Å². The highest BCUT2D eigenvalue weighted by molar-refractivity contribution is 6.10. The van der Waals surface area contributed by atoms with Crippen molar-refractivity contribution in [3.05, 3.63) is 182 Å². The minimum Gasteiger partial charge on any atom is -0.456 e. The summed E-state index contributed by atoms with van der Waals surface area (Å²) in [6, 6.07) is 64.4. The van der Waals surface area contributed by atoms with Crippen molar-refractivity contribution in [2.75, 3.05) is 4.90 Å². The first kappa shape index (κ1) is 28.8. The summed E-state index contributed by atoms with van der Waals surface area (Å²) in [6.07, 6.45) is 0. The Bertz CT molecular complexity index is 2920. The van der Waals surface area contributed by atoms with Gasteiger partial charge in [-0.05, 0) is 89.5 Å². The molecule has 0 spiro atoms. The predicted octanol–water partition coefficient (Wildman–Crippen LogP) is 13.6. The molecule has 244 valence electrons. The number of ether oxygens (including phenoxy) is 1. The SMILES string of the molecule is c1ccc2c(c1)Oc1ccccc1N2c1ccc(-n2c3ccccc3c3ccccc32)cc1-c1ccccc1-c1ccc2oc3ccccc3c2c1. The number of hydrogen-bond acceptors (Lipinski definition) is 3. The van der Waals surface area contributed by atoms with E-state index in [-0.39, 0.29) is 0 Å². The number of aromatic nitrogens is 1. The van der Waals surface area contributed by atoms with Crippen LogP contribution in [0.1, 0.15) is 0 Å². The molecule has 1 aliphatic heterocycles. The van der Waals surface area contributed by atoms with Crippen molar-refractivity contribution < 1.29 is 9.15 Å². The molecule has 0 atom stereocenters. The number of furan rings is 1. The van der Waals surface area contributed by atoms with Crippen LogP contribution >= 0.6 is 0 Å². The standard InChI is InChI=1S/C48H30N2O2/c1-2-14-34(33(13-1)31-25-28-46-39(29-31)37-17-5-10-22-45(37)51-46)38-30-32(49-40-18-6-3-15-35(40)36-16-4-7-19-41(36)49)26-27-42(38)50-43-20-8-11-23-47(43)52-48-24-12-9-21-44(48)50/h1-30H. The highest BCUT2D eigenvalue weighted by Gasteiger charge is 2.28. The maximum Gasteiger partial charge on any atom is 0.151 e. The number of benzene rings is 8. The van der Waals surface area contributed by atoms with Crippen molar-refractivity contribution in [1.29, 1.82) is 0 Å². The lowest BCUT2D eigenvalue weighted by Crippen LogP contribution is -2.16. The van der Waals surface area contributed by atoms with Crippen LogP contribution in [0.3, 0.4) is 0 Å². The topological polar surface area (TPSA) is 30.5 Å². The van der Waals surface area contributed by atoms with Crippen molar-refractivity contribution in [3.8, 4) is 39.4 Å². The quantitative estimate of drug-likeness (QED) is 0.187. The van der Waals surface area contributed by atoms with Crippen LogP contribution < -0.4 is 9.64 Å². The Morgan fingerprint density at radius 1 is 0.365 bits per heavy atom. The van der Waals surface area contributed by atoms with Crippen LogP contribution in [0.15, 0.2) is 186 Å². The summed E-state index contributed by atoms with van der Waals surface area (Å²) in [5.41, 5.74) is 12.8.